The minimum atomic E-state index is -0.0564. The molecule has 0 atom stereocenters. The van der Waals surface area contributed by atoms with Crippen LogP contribution in [-0.4, -0.2) is 44.1 Å². The van der Waals surface area contributed by atoms with Crippen LogP contribution in [0.2, 0.25) is 0 Å². The Morgan fingerprint density at radius 3 is 2.83 bits per heavy atom. The van der Waals surface area contributed by atoms with Gasteiger partial charge in [-0.15, -0.1) is 11.3 Å². The lowest BCUT2D eigenvalue weighted by Gasteiger charge is -2.29. The summed E-state index contributed by atoms with van der Waals surface area (Å²) in [6.07, 6.45) is 3.43. The van der Waals surface area contributed by atoms with Crippen LogP contribution in [0, 0.1) is 0 Å². The van der Waals surface area contributed by atoms with Crippen molar-refractivity contribution in [3.8, 4) is 0 Å². The molecule has 0 unspecified atom stereocenters. The standard InChI is InChI=1S/C12H16BrN3OS/c1-15-6-8-16(9-7-15)14-12(17)5-3-10-2-4-11(13)18-10/h2-5H,6-9H2,1H3,(H,14,17)/p+1/b5-3+. The number of hydrazine groups is 1. The molecule has 0 bridgehead atoms. The second kappa shape index (κ2) is 6.47. The summed E-state index contributed by atoms with van der Waals surface area (Å²) in [5, 5.41) is 1.99. The smallest absolute Gasteiger partial charge is 0.258 e. The number of nitrogens with one attached hydrogen (secondary N) is 2. The van der Waals surface area contributed by atoms with Gasteiger partial charge in [0.2, 0.25) is 0 Å². The third kappa shape index (κ3) is 4.20. The van der Waals surface area contributed by atoms with Crippen molar-refractivity contribution in [2.45, 2.75) is 0 Å². The van der Waals surface area contributed by atoms with Crippen LogP contribution < -0.4 is 10.3 Å². The SMILES string of the molecule is C[NH+]1CCN(NC(=O)/C=C/c2ccc(Br)s2)CC1. The molecule has 1 fully saturated rings. The van der Waals surface area contributed by atoms with E-state index in [1.54, 1.807) is 17.4 Å². The van der Waals surface area contributed by atoms with Crippen LogP contribution in [0.3, 0.4) is 0 Å². The van der Waals surface area contributed by atoms with Crippen molar-refractivity contribution in [2.75, 3.05) is 33.2 Å². The number of rotatable bonds is 3. The van der Waals surface area contributed by atoms with Crippen LogP contribution in [0.4, 0.5) is 0 Å². The molecular formula is C12H17BrN3OS+. The third-order valence-corrected chi connectivity index (χ3v) is 4.47. The van der Waals surface area contributed by atoms with E-state index < -0.39 is 0 Å². The van der Waals surface area contributed by atoms with Gasteiger partial charge in [0, 0.05) is 11.0 Å². The number of nitrogens with zero attached hydrogens (tertiary/aromatic N) is 1. The molecule has 1 aromatic heterocycles. The number of amides is 1. The molecule has 1 saturated heterocycles. The quantitative estimate of drug-likeness (QED) is 0.786. The predicted molar refractivity (Wildman–Crippen MR) is 77.4 cm³/mol. The zero-order valence-electron chi connectivity index (χ0n) is 10.3. The van der Waals surface area contributed by atoms with E-state index in [1.807, 2.05) is 23.2 Å². The zero-order valence-corrected chi connectivity index (χ0v) is 12.7. The highest BCUT2D eigenvalue weighted by molar-refractivity contribution is 9.11. The van der Waals surface area contributed by atoms with Gasteiger partial charge in [-0.1, -0.05) is 0 Å². The average molecular weight is 331 g/mol. The molecular weight excluding hydrogens is 314 g/mol. The molecule has 1 aromatic rings. The topological polar surface area (TPSA) is 36.8 Å². The van der Waals surface area contributed by atoms with Gasteiger partial charge >= 0.3 is 0 Å². The summed E-state index contributed by atoms with van der Waals surface area (Å²) in [5.74, 6) is -0.0564. The summed E-state index contributed by atoms with van der Waals surface area (Å²) in [6, 6.07) is 3.96. The Bertz CT molecular complexity index is 438. The first kappa shape index (κ1) is 13.7. The lowest BCUT2D eigenvalue weighted by molar-refractivity contribution is -0.884. The van der Waals surface area contributed by atoms with Gasteiger partial charge in [-0.2, -0.15) is 0 Å². The maximum absolute atomic E-state index is 11.7. The Labute approximate surface area is 119 Å². The van der Waals surface area contributed by atoms with Gasteiger partial charge in [0.15, 0.2) is 0 Å². The molecule has 1 aliphatic rings. The first-order valence-corrected chi connectivity index (χ1v) is 7.55. The van der Waals surface area contributed by atoms with Crippen LogP contribution in [0.1, 0.15) is 4.88 Å². The summed E-state index contributed by atoms with van der Waals surface area (Å²) in [7, 11) is 2.17. The van der Waals surface area contributed by atoms with Crippen molar-refractivity contribution in [1.82, 2.24) is 10.4 Å². The molecule has 1 amide bonds. The van der Waals surface area contributed by atoms with Gasteiger partial charge in [-0.25, -0.2) is 5.01 Å². The number of hydrogen-bond acceptors (Lipinski definition) is 3. The zero-order chi connectivity index (χ0) is 13.0. The van der Waals surface area contributed by atoms with E-state index in [4.69, 9.17) is 0 Å². The average Bonchev–Trinajstić information content (AvgIpc) is 2.76. The highest BCUT2D eigenvalue weighted by Gasteiger charge is 2.17. The fourth-order valence-corrected chi connectivity index (χ4v) is 3.10. The van der Waals surface area contributed by atoms with Gasteiger partial charge in [0.05, 0.1) is 37.0 Å². The monoisotopic (exact) mass is 330 g/mol. The van der Waals surface area contributed by atoms with Crippen molar-refractivity contribution < 1.29 is 9.69 Å². The molecule has 1 aliphatic heterocycles. The summed E-state index contributed by atoms with van der Waals surface area (Å²) in [4.78, 5) is 14.3. The summed E-state index contributed by atoms with van der Waals surface area (Å²) in [6.45, 7) is 3.97. The maximum atomic E-state index is 11.7. The Balaban J connectivity index is 1.80. The lowest BCUT2D eigenvalue weighted by atomic mass is 10.4. The molecule has 0 aromatic carbocycles. The van der Waals surface area contributed by atoms with Gasteiger partial charge in [0.25, 0.3) is 5.91 Å². The number of carbonyl (C=O) groups is 1. The minimum absolute atomic E-state index is 0.0564. The highest BCUT2D eigenvalue weighted by Crippen LogP contribution is 2.22. The fraction of sp³-hybridized carbons (Fsp3) is 0.417. The van der Waals surface area contributed by atoms with Crippen molar-refractivity contribution in [3.05, 3.63) is 26.9 Å². The van der Waals surface area contributed by atoms with Crippen molar-refractivity contribution in [3.63, 3.8) is 0 Å². The molecule has 0 aliphatic carbocycles. The third-order valence-electron chi connectivity index (χ3n) is 2.88. The number of hydrogen-bond donors (Lipinski definition) is 2. The number of carbonyl (C=O) groups excluding carboxylic acids is 1. The second-order valence-electron chi connectivity index (χ2n) is 4.40. The largest absolute Gasteiger partial charge is 0.335 e. The molecule has 0 saturated carbocycles. The number of likely N-dealkylation sites (N-methyl/N-ethyl adjacent to an activating group) is 1. The van der Waals surface area contributed by atoms with Crippen molar-refractivity contribution in [2.24, 2.45) is 0 Å². The van der Waals surface area contributed by atoms with Gasteiger partial charge in [0.1, 0.15) is 0 Å². The van der Waals surface area contributed by atoms with Crippen molar-refractivity contribution in [1.29, 1.82) is 0 Å². The molecule has 2 rings (SSSR count). The van der Waals surface area contributed by atoms with E-state index in [0.29, 0.717) is 0 Å². The van der Waals surface area contributed by atoms with E-state index in [1.165, 1.54) is 4.90 Å². The first-order valence-electron chi connectivity index (χ1n) is 5.94. The molecule has 2 N–H and O–H groups in total. The van der Waals surface area contributed by atoms with Crippen LogP contribution in [-0.2, 0) is 4.79 Å². The Kier molecular flexibility index (Phi) is 4.94. The molecule has 0 radical (unpaired) electrons. The number of piperazine rings is 1. The first-order chi connectivity index (χ1) is 8.63. The van der Waals surface area contributed by atoms with E-state index in [-0.39, 0.29) is 5.91 Å². The van der Waals surface area contributed by atoms with Crippen LogP contribution in [0.25, 0.3) is 6.08 Å². The van der Waals surface area contributed by atoms with Crippen molar-refractivity contribution >= 4 is 39.2 Å². The predicted octanol–water partition coefficient (Wildman–Crippen LogP) is 0.385. The molecule has 6 heteroatoms. The van der Waals surface area contributed by atoms with Gasteiger partial charge < -0.3 is 4.90 Å². The number of quaternary nitrogens is 1. The molecule has 2 heterocycles. The summed E-state index contributed by atoms with van der Waals surface area (Å²) < 4.78 is 1.07. The summed E-state index contributed by atoms with van der Waals surface area (Å²) >= 11 is 5.01. The molecule has 0 spiro atoms. The lowest BCUT2D eigenvalue weighted by Crippen LogP contribution is -3.12. The van der Waals surface area contributed by atoms with E-state index in [2.05, 4.69) is 28.4 Å². The maximum Gasteiger partial charge on any atom is 0.258 e. The summed E-state index contributed by atoms with van der Waals surface area (Å²) in [5.41, 5.74) is 2.90. The van der Waals surface area contributed by atoms with E-state index in [9.17, 15) is 4.79 Å². The Morgan fingerprint density at radius 2 is 2.22 bits per heavy atom. The second-order valence-corrected chi connectivity index (χ2v) is 6.89. The van der Waals surface area contributed by atoms with Crippen LogP contribution in [0.5, 0.6) is 0 Å². The van der Waals surface area contributed by atoms with Gasteiger partial charge in [-0.05, 0) is 34.1 Å². The Hall–Kier alpha value is -0.690. The van der Waals surface area contributed by atoms with Gasteiger partial charge in [-0.3, -0.25) is 10.2 Å². The normalized spacial score (nSPS) is 18.3. The fourth-order valence-electron chi connectivity index (χ4n) is 1.77. The van der Waals surface area contributed by atoms with E-state index in [0.717, 1.165) is 34.8 Å². The molecule has 18 heavy (non-hydrogen) atoms. The minimum Gasteiger partial charge on any atom is -0.335 e. The Morgan fingerprint density at radius 1 is 1.50 bits per heavy atom. The number of thiophene rings is 1. The van der Waals surface area contributed by atoms with Crippen LogP contribution >= 0.6 is 27.3 Å². The van der Waals surface area contributed by atoms with Crippen LogP contribution in [0.15, 0.2) is 22.0 Å². The molecule has 98 valence electrons. The highest BCUT2D eigenvalue weighted by atomic mass is 79.9. The molecule has 4 nitrogen and oxygen atoms in total. The van der Waals surface area contributed by atoms with E-state index >= 15 is 0 Å². The number of halogens is 1.